The first kappa shape index (κ1) is 14.4. The van der Waals surface area contributed by atoms with Gasteiger partial charge in [-0.2, -0.15) is 11.8 Å². The van der Waals surface area contributed by atoms with Crippen LogP contribution in [0.25, 0.3) is 0 Å². The second-order valence-electron chi connectivity index (χ2n) is 4.31. The van der Waals surface area contributed by atoms with E-state index in [1.54, 1.807) is 23.9 Å². The van der Waals surface area contributed by atoms with E-state index in [1.807, 2.05) is 6.26 Å². The Hall–Kier alpha value is -0.680. The number of hydrogen-bond donors (Lipinski definition) is 2. The number of phenolic OH excluding ortho intramolecular Hbond substituents is 1. The van der Waals surface area contributed by atoms with Gasteiger partial charge in [-0.15, -0.1) is 0 Å². The summed E-state index contributed by atoms with van der Waals surface area (Å²) in [6, 6.07) is 4.84. The molecule has 5 heteroatoms. The molecule has 0 atom stereocenters. The van der Waals surface area contributed by atoms with Crippen LogP contribution in [-0.2, 0) is 0 Å². The van der Waals surface area contributed by atoms with Crippen LogP contribution in [0.3, 0.4) is 0 Å². The average Bonchev–Trinajstić information content (AvgIpc) is 2.26. The van der Waals surface area contributed by atoms with Gasteiger partial charge in [-0.25, -0.2) is 0 Å². The van der Waals surface area contributed by atoms with Crippen molar-refractivity contribution in [2.45, 2.75) is 18.6 Å². The molecule has 0 unspecified atom stereocenters. The van der Waals surface area contributed by atoms with E-state index in [1.165, 1.54) is 6.07 Å². The van der Waals surface area contributed by atoms with Crippen LogP contribution < -0.4 is 5.32 Å². The van der Waals surface area contributed by atoms with E-state index in [9.17, 15) is 9.90 Å². The zero-order valence-corrected chi connectivity index (χ0v) is 12.5. The van der Waals surface area contributed by atoms with Gasteiger partial charge in [0.25, 0.3) is 5.91 Å². The highest BCUT2D eigenvalue weighted by molar-refractivity contribution is 9.10. The maximum absolute atomic E-state index is 11.8. The van der Waals surface area contributed by atoms with E-state index in [2.05, 4.69) is 35.1 Å². The van der Waals surface area contributed by atoms with Gasteiger partial charge in [-0.05, 0) is 38.3 Å². The number of thioether (sulfide) groups is 1. The Balaban J connectivity index is 2.71. The van der Waals surface area contributed by atoms with E-state index < -0.39 is 0 Å². The van der Waals surface area contributed by atoms with E-state index in [-0.39, 0.29) is 16.4 Å². The van der Waals surface area contributed by atoms with Crippen molar-refractivity contribution >= 4 is 33.6 Å². The van der Waals surface area contributed by atoms with Crippen molar-refractivity contribution in [3.05, 3.63) is 28.2 Å². The summed E-state index contributed by atoms with van der Waals surface area (Å²) in [5.74, 6) is -0.268. The number of carbonyl (C=O) groups excluding carboxylic acids is 1. The molecular weight excluding hydrogens is 302 g/mol. The number of benzene rings is 1. The summed E-state index contributed by atoms with van der Waals surface area (Å²) < 4.78 is 0.733. The largest absolute Gasteiger partial charge is 0.507 e. The summed E-state index contributed by atoms with van der Waals surface area (Å²) in [7, 11) is 0. The Morgan fingerprint density at radius 3 is 2.71 bits per heavy atom. The Morgan fingerprint density at radius 2 is 2.18 bits per heavy atom. The Labute approximate surface area is 114 Å². The summed E-state index contributed by atoms with van der Waals surface area (Å²) in [6.45, 7) is 4.67. The molecule has 0 fully saturated rings. The molecule has 0 aliphatic rings. The predicted molar refractivity (Wildman–Crippen MR) is 75.7 cm³/mol. The van der Waals surface area contributed by atoms with Crippen LogP contribution >= 0.6 is 27.7 Å². The molecule has 0 saturated heterocycles. The molecule has 3 nitrogen and oxygen atoms in total. The number of phenols is 1. The molecular formula is C12H16BrNO2S. The zero-order valence-electron chi connectivity index (χ0n) is 10.1. The van der Waals surface area contributed by atoms with Gasteiger partial charge in [-0.1, -0.05) is 15.9 Å². The molecule has 0 spiro atoms. The molecule has 0 aliphatic heterocycles. The lowest BCUT2D eigenvalue weighted by Crippen LogP contribution is -2.36. The number of halogens is 1. The summed E-state index contributed by atoms with van der Waals surface area (Å²) in [4.78, 5) is 11.8. The molecule has 1 rings (SSSR count). The highest BCUT2D eigenvalue weighted by Gasteiger charge is 2.18. The molecule has 0 radical (unpaired) electrons. The number of carbonyl (C=O) groups is 1. The number of aromatic hydroxyl groups is 1. The van der Waals surface area contributed by atoms with Crippen LogP contribution in [0, 0.1) is 0 Å². The van der Waals surface area contributed by atoms with Gasteiger partial charge < -0.3 is 10.4 Å². The van der Waals surface area contributed by atoms with Gasteiger partial charge in [-0.3, -0.25) is 4.79 Å². The molecule has 0 aromatic heterocycles. The summed E-state index contributed by atoms with van der Waals surface area (Å²) >= 11 is 4.92. The monoisotopic (exact) mass is 317 g/mol. The molecule has 0 saturated carbocycles. The first-order valence-corrected chi connectivity index (χ1v) is 7.19. The van der Waals surface area contributed by atoms with Crippen molar-refractivity contribution in [3.63, 3.8) is 0 Å². The fraction of sp³-hybridized carbons (Fsp3) is 0.417. The van der Waals surface area contributed by atoms with Crippen LogP contribution in [0.4, 0.5) is 0 Å². The van der Waals surface area contributed by atoms with E-state index in [4.69, 9.17) is 0 Å². The van der Waals surface area contributed by atoms with Crippen LogP contribution in [0.2, 0.25) is 0 Å². The van der Waals surface area contributed by atoms with Crippen molar-refractivity contribution < 1.29 is 9.90 Å². The van der Waals surface area contributed by atoms with Gasteiger partial charge in [0.15, 0.2) is 0 Å². The van der Waals surface area contributed by atoms with Crippen molar-refractivity contribution in [1.29, 1.82) is 0 Å². The van der Waals surface area contributed by atoms with Crippen molar-refractivity contribution in [3.8, 4) is 5.75 Å². The Morgan fingerprint density at radius 1 is 1.53 bits per heavy atom. The molecule has 0 heterocycles. The van der Waals surface area contributed by atoms with Crippen LogP contribution in [0.1, 0.15) is 24.2 Å². The number of hydrogen-bond acceptors (Lipinski definition) is 3. The van der Waals surface area contributed by atoms with Crippen molar-refractivity contribution in [2.24, 2.45) is 0 Å². The lowest BCUT2D eigenvalue weighted by molar-refractivity contribution is 0.0948. The number of amides is 1. The van der Waals surface area contributed by atoms with E-state index >= 15 is 0 Å². The smallest absolute Gasteiger partial charge is 0.255 e. The molecule has 1 aromatic rings. The highest BCUT2D eigenvalue weighted by Crippen LogP contribution is 2.23. The third-order valence-electron chi connectivity index (χ3n) is 2.43. The van der Waals surface area contributed by atoms with E-state index in [0.717, 1.165) is 4.47 Å². The molecule has 1 aromatic carbocycles. The zero-order chi connectivity index (χ0) is 13.1. The second-order valence-corrected chi connectivity index (χ2v) is 6.74. The number of nitrogens with one attached hydrogen (secondary N) is 1. The molecule has 0 aliphatic carbocycles. The van der Waals surface area contributed by atoms with Gasteiger partial charge in [0.1, 0.15) is 5.75 Å². The normalized spacial score (nSPS) is 11.3. The van der Waals surface area contributed by atoms with E-state index in [0.29, 0.717) is 12.1 Å². The molecule has 0 bridgehead atoms. The first-order chi connectivity index (χ1) is 7.85. The minimum atomic E-state index is -0.253. The maximum Gasteiger partial charge on any atom is 0.255 e. The maximum atomic E-state index is 11.8. The van der Waals surface area contributed by atoms with Gasteiger partial charge in [0.05, 0.1) is 5.56 Å². The van der Waals surface area contributed by atoms with Gasteiger partial charge >= 0.3 is 0 Å². The second kappa shape index (κ2) is 5.78. The topological polar surface area (TPSA) is 49.3 Å². The summed E-state index contributed by atoms with van der Waals surface area (Å²) in [5, 5.41) is 12.5. The van der Waals surface area contributed by atoms with Crippen LogP contribution in [0.15, 0.2) is 22.7 Å². The molecule has 94 valence electrons. The third-order valence-corrected chi connectivity index (χ3v) is 4.17. The quantitative estimate of drug-likeness (QED) is 0.897. The first-order valence-electron chi connectivity index (χ1n) is 5.17. The Bertz CT molecular complexity index is 421. The fourth-order valence-corrected chi connectivity index (χ4v) is 1.72. The molecule has 17 heavy (non-hydrogen) atoms. The van der Waals surface area contributed by atoms with Gasteiger partial charge in [0.2, 0.25) is 0 Å². The summed E-state index contributed by atoms with van der Waals surface area (Å²) in [6.07, 6.45) is 2.00. The SMILES string of the molecule is CSC(C)(C)CNC(=O)c1ccc(Br)cc1O. The average molecular weight is 318 g/mol. The third kappa shape index (κ3) is 4.24. The summed E-state index contributed by atoms with van der Waals surface area (Å²) in [5.41, 5.74) is 0.296. The minimum Gasteiger partial charge on any atom is -0.507 e. The molecule has 2 N–H and O–H groups in total. The number of rotatable bonds is 4. The standard InChI is InChI=1S/C12H16BrNO2S/c1-12(2,17-3)7-14-11(16)9-5-4-8(13)6-10(9)15/h4-6,15H,7H2,1-3H3,(H,14,16). The lowest BCUT2D eigenvalue weighted by atomic mass is 10.1. The lowest BCUT2D eigenvalue weighted by Gasteiger charge is -2.22. The minimum absolute atomic E-state index is 0.0133. The van der Waals surface area contributed by atoms with Crippen molar-refractivity contribution in [2.75, 3.05) is 12.8 Å². The molecule has 1 amide bonds. The fourth-order valence-electron chi connectivity index (χ4n) is 1.16. The van der Waals surface area contributed by atoms with Gasteiger partial charge in [0, 0.05) is 15.8 Å². The van der Waals surface area contributed by atoms with Crippen LogP contribution in [0.5, 0.6) is 5.75 Å². The van der Waals surface area contributed by atoms with Crippen LogP contribution in [-0.4, -0.2) is 28.6 Å². The Kier molecular flexibility index (Phi) is 4.89. The predicted octanol–water partition coefficient (Wildman–Crippen LogP) is 3.03. The highest BCUT2D eigenvalue weighted by atomic mass is 79.9. The van der Waals surface area contributed by atoms with Crippen molar-refractivity contribution in [1.82, 2.24) is 5.32 Å².